The predicted octanol–water partition coefficient (Wildman–Crippen LogP) is 3.16. The number of hydrogen-bond acceptors (Lipinski definition) is 3. The van der Waals surface area contributed by atoms with Gasteiger partial charge in [-0.3, -0.25) is 0 Å². The molecule has 3 heteroatoms. The minimum atomic E-state index is 0.154. The summed E-state index contributed by atoms with van der Waals surface area (Å²) in [6, 6.07) is 8.29. The van der Waals surface area contributed by atoms with E-state index in [1.807, 2.05) is 12.1 Å². The Balaban J connectivity index is 1.97. The highest BCUT2D eigenvalue weighted by Crippen LogP contribution is 2.25. The Kier molecular flexibility index (Phi) is 5.23. The normalized spacial score (nSPS) is 23.6. The van der Waals surface area contributed by atoms with Gasteiger partial charge < -0.3 is 14.8 Å². The van der Waals surface area contributed by atoms with Gasteiger partial charge in [-0.05, 0) is 30.0 Å². The van der Waals surface area contributed by atoms with Crippen LogP contribution in [0.3, 0.4) is 0 Å². The largest absolute Gasteiger partial charge is 0.494 e. The number of ether oxygens (including phenoxy) is 2. The van der Waals surface area contributed by atoms with Gasteiger partial charge in [-0.1, -0.05) is 32.9 Å². The van der Waals surface area contributed by atoms with Gasteiger partial charge in [-0.15, -0.1) is 0 Å². The van der Waals surface area contributed by atoms with Crippen LogP contribution in [0.4, 0.5) is 0 Å². The van der Waals surface area contributed by atoms with Crippen LogP contribution >= 0.6 is 0 Å². The van der Waals surface area contributed by atoms with Crippen LogP contribution in [0.25, 0.3) is 0 Å². The maximum Gasteiger partial charge on any atom is 0.119 e. The van der Waals surface area contributed by atoms with E-state index in [1.54, 1.807) is 0 Å². The standard InChI is InChI=1S/C16H25NO2/c1-4-9-18-14-7-5-13(6-8-14)16-11-17-10-15(19-16)12(2)3/h5-8,12,15-17H,4,9-11H2,1-3H3. The zero-order valence-electron chi connectivity index (χ0n) is 12.2. The van der Waals surface area contributed by atoms with Gasteiger partial charge in [0.05, 0.1) is 18.8 Å². The fourth-order valence-electron chi connectivity index (χ4n) is 2.25. The molecule has 1 aromatic carbocycles. The molecule has 2 unspecified atom stereocenters. The molecule has 0 bridgehead atoms. The van der Waals surface area contributed by atoms with Gasteiger partial charge in [0.2, 0.25) is 0 Å². The highest BCUT2D eigenvalue weighted by Gasteiger charge is 2.25. The summed E-state index contributed by atoms with van der Waals surface area (Å²) in [4.78, 5) is 0. The van der Waals surface area contributed by atoms with Crippen LogP contribution in [0.2, 0.25) is 0 Å². The Bertz CT molecular complexity index is 375. The maximum atomic E-state index is 6.15. The molecule has 1 N–H and O–H groups in total. The van der Waals surface area contributed by atoms with E-state index in [4.69, 9.17) is 9.47 Å². The van der Waals surface area contributed by atoms with E-state index in [2.05, 4.69) is 38.2 Å². The average Bonchev–Trinajstić information content (AvgIpc) is 2.46. The molecule has 0 aliphatic carbocycles. The number of rotatable bonds is 5. The second kappa shape index (κ2) is 6.92. The molecule has 1 aromatic rings. The van der Waals surface area contributed by atoms with Crippen molar-refractivity contribution in [1.82, 2.24) is 5.32 Å². The molecule has 2 rings (SSSR count). The molecule has 3 nitrogen and oxygen atoms in total. The molecule has 0 saturated carbocycles. The van der Waals surface area contributed by atoms with E-state index in [0.717, 1.165) is 31.9 Å². The Hall–Kier alpha value is -1.06. The summed E-state index contributed by atoms with van der Waals surface area (Å²) in [5.41, 5.74) is 1.22. The van der Waals surface area contributed by atoms with Crippen molar-refractivity contribution in [3.05, 3.63) is 29.8 Å². The average molecular weight is 263 g/mol. The first-order chi connectivity index (χ1) is 9.20. The first-order valence-corrected chi connectivity index (χ1v) is 7.29. The first-order valence-electron chi connectivity index (χ1n) is 7.29. The SMILES string of the molecule is CCCOc1ccc(C2CNCC(C(C)C)O2)cc1. The van der Waals surface area contributed by atoms with Crippen LogP contribution in [0.5, 0.6) is 5.75 Å². The quantitative estimate of drug-likeness (QED) is 0.885. The topological polar surface area (TPSA) is 30.5 Å². The van der Waals surface area contributed by atoms with E-state index < -0.39 is 0 Å². The van der Waals surface area contributed by atoms with E-state index in [-0.39, 0.29) is 6.10 Å². The van der Waals surface area contributed by atoms with Crippen molar-refractivity contribution in [3.63, 3.8) is 0 Å². The molecule has 1 saturated heterocycles. The third-order valence-electron chi connectivity index (χ3n) is 3.48. The second-order valence-corrected chi connectivity index (χ2v) is 5.48. The summed E-state index contributed by atoms with van der Waals surface area (Å²) in [5.74, 6) is 1.48. The Morgan fingerprint density at radius 1 is 1.26 bits per heavy atom. The summed E-state index contributed by atoms with van der Waals surface area (Å²) in [5, 5.41) is 3.46. The number of benzene rings is 1. The van der Waals surface area contributed by atoms with Gasteiger partial charge in [0, 0.05) is 13.1 Å². The van der Waals surface area contributed by atoms with Crippen molar-refractivity contribution >= 4 is 0 Å². The Morgan fingerprint density at radius 2 is 2.00 bits per heavy atom. The third kappa shape index (κ3) is 3.95. The molecular formula is C16H25NO2. The predicted molar refractivity (Wildman–Crippen MR) is 77.5 cm³/mol. The number of morpholine rings is 1. The molecule has 0 spiro atoms. The maximum absolute atomic E-state index is 6.15. The highest BCUT2D eigenvalue weighted by atomic mass is 16.5. The molecule has 0 amide bonds. The minimum Gasteiger partial charge on any atom is -0.494 e. The molecule has 2 atom stereocenters. The molecule has 1 aliphatic rings. The zero-order chi connectivity index (χ0) is 13.7. The van der Waals surface area contributed by atoms with Gasteiger partial charge in [0.25, 0.3) is 0 Å². The van der Waals surface area contributed by atoms with Gasteiger partial charge in [0.1, 0.15) is 5.75 Å². The lowest BCUT2D eigenvalue weighted by atomic mass is 10.0. The Morgan fingerprint density at radius 3 is 2.63 bits per heavy atom. The van der Waals surface area contributed by atoms with Crippen LogP contribution < -0.4 is 10.1 Å². The van der Waals surface area contributed by atoms with Crippen molar-refractivity contribution in [2.45, 2.75) is 39.4 Å². The molecule has 0 radical (unpaired) electrons. The zero-order valence-corrected chi connectivity index (χ0v) is 12.2. The van der Waals surface area contributed by atoms with Crippen molar-refractivity contribution in [1.29, 1.82) is 0 Å². The molecule has 1 fully saturated rings. The minimum absolute atomic E-state index is 0.154. The van der Waals surface area contributed by atoms with Crippen molar-refractivity contribution in [2.75, 3.05) is 19.7 Å². The van der Waals surface area contributed by atoms with Crippen molar-refractivity contribution in [2.24, 2.45) is 5.92 Å². The summed E-state index contributed by atoms with van der Waals surface area (Å²) >= 11 is 0. The molecule has 19 heavy (non-hydrogen) atoms. The van der Waals surface area contributed by atoms with Crippen LogP contribution in [0, 0.1) is 5.92 Å². The van der Waals surface area contributed by atoms with Crippen molar-refractivity contribution in [3.8, 4) is 5.75 Å². The first kappa shape index (κ1) is 14.4. The van der Waals surface area contributed by atoms with Crippen molar-refractivity contribution < 1.29 is 9.47 Å². The van der Waals surface area contributed by atoms with Crippen LogP contribution in [-0.4, -0.2) is 25.8 Å². The van der Waals surface area contributed by atoms with Gasteiger partial charge in [-0.25, -0.2) is 0 Å². The van der Waals surface area contributed by atoms with Crippen LogP contribution in [-0.2, 0) is 4.74 Å². The van der Waals surface area contributed by atoms with Gasteiger partial charge in [-0.2, -0.15) is 0 Å². The molecule has 0 aromatic heterocycles. The summed E-state index contributed by atoms with van der Waals surface area (Å²) in [6.45, 7) is 9.13. The second-order valence-electron chi connectivity index (χ2n) is 5.48. The van der Waals surface area contributed by atoms with E-state index in [9.17, 15) is 0 Å². The van der Waals surface area contributed by atoms with Gasteiger partial charge in [0.15, 0.2) is 0 Å². The van der Waals surface area contributed by atoms with Crippen LogP contribution in [0.1, 0.15) is 38.9 Å². The molecule has 106 valence electrons. The lowest BCUT2D eigenvalue weighted by Crippen LogP contribution is -2.43. The molecule has 1 aliphatic heterocycles. The van der Waals surface area contributed by atoms with Crippen LogP contribution in [0.15, 0.2) is 24.3 Å². The number of nitrogens with one attached hydrogen (secondary N) is 1. The van der Waals surface area contributed by atoms with E-state index in [1.165, 1.54) is 5.56 Å². The fourth-order valence-corrected chi connectivity index (χ4v) is 2.25. The van der Waals surface area contributed by atoms with E-state index in [0.29, 0.717) is 12.0 Å². The van der Waals surface area contributed by atoms with E-state index >= 15 is 0 Å². The molecule has 1 heterocycles. The Labute approximate surface area is 116 Å². The number of hydrogen-bond donors (Lipinski definition) is 1. The van der Waals surface area contributed by atoms with Gasteiger partial charge >= 0.3 is 0 Å². The highest BCUT2D eigenvalue weighted by molar-refractivity contribution is 5.29. The fraction of sp³-hybridized carbons (Fsp3) is 0.625. The smallest absolute Gasteiger partial charge is 0.119 e. The molecular weight excluding hydrogens is 238 g/mol. The summed E-state index contributed by atoms with van der Waals surface area (Å²) in [6.07, 6.45) is 1.49. The third-order valence-corrected chi connectivity index (χ3v) is 3.48. The summed E-state index contributed by atoms with van der Waals surface area (Å²) < 4.78 is 11.8. The summed E-state index contributed by atoms with van der Waals surface area (Å²) in [7, 11) is 0. The lowest BCUT2D eigenvalue weighted by molar-refractivity contribution is -0.0603. The lowest BCUT2D eigenvalue weighted by Gasteiger charge is -2.33. The monoisotopic (exact) mass is 263 g/mol.